The van der Waals surface area contributed by atoms with Crippen LogP contribution < -0.4 is 15.8 Å². The molecule has 2 aliphatic rings. The van der Waals surface area contributed by atoms with Crippen LogP contribution in [0.2, 0.25) is 0 Å². The Bertz CT molecular complexity index is 1840. The lowest BCUT2D eigenvalue weighted by atomic mass is 9.65. The number of hydrogen-bond acceptors (Lipinski definition) is 8. The predicted octanol–water partition coefficient (Wildman–Crippen LogP) is 4.22. The van der Waals surface area contributed by atoms with E-state index in [2.05, 4.69) is 45.8 Å². The minimum atomic E-state index is -0.821. The van der Waals surface area contributed by atoms with E-state index in [1.54, 1.807) is 48.0 Å². The third-order valence-corrected chi connectivity index (χ3v) is 9.49. The van der Waals surface area contributed by atoms with E-state index in [4.69, 9.17) is 4.98 Å². The van der Waals surface area contributed by atoms with Gasteiger partial charge < -0.3 is 25.1 Å². The van der Waals surface area contributed by atoms with Crippen LogP contribution in [-0.4, -0.2) is 91.5 Å². The lowest BCUT2D eigenvalue weighted by Crippen LogP contribution is -2.52. The first-order chi connectivity index (χ1) is 22.1. The van der Waals surface area contributed by atoms with Gasteiger partial charge >= 0.3 is 6.09 Å². The summed E-state index contributed by atoms with van der Waals surface area (Å²) in [6.45, 7) is 9.28. The zero-order chi connectivity index (χ0) is 32.6. The Kier molecular flexibility index (Phi) is 8.24. The number of amides is 2. The van der Waals surface area contributed by atoms with Crippen LogP contribution in [0.3, 0.4) is 0 Å². The molecule has 0 aliphatic carbocycles. The van der Waals surface area contributed by atoms with Crippen LogP contribution >= 0.6 is 0 Å². The molecule has 1 aromatic carbocycles. The first-order valence-corrected chi connectivity index (χ1v) is 15.5. The van der Waals surface area contributed by atoms with Crippen molar-refractivity contribution in [1.82, 2.24) is 34.1 Å². The van der Waals surface area contributed by atoms with Crippen molar-refractivity contribution in [3.63, 3.8) is 0 Å². The zero-order valence-electron chi connectivity index (χ0n) is 26.4. The number of benzene rings is 1. The third kappa shape index (κ3) is 5.68. The number of pyridine rings is 1. The second-order valence-corrected chi connectivity index (χ2v) is 12.4. The number of likely N-dealkylation sites (tertiary alicyclic amines) is 1. The topological polar surface area (TPSA) is 142 Å². The summed E-state index contributed by atoms with van der Waals surface area (Å²) in [4.78, 5) is 56.4. The Morgan fingerprint density at radius 2 is 1.80 bits per heavy atom. The molecular formula is C33H39N9O4. The molecule has 13 nitrogen and oxygen atoms in total. The summed E-state index contributed by atoms with van der Waals surface area (Å²) < 4.78 is 3.06. The van der Waals surface area contributed by atoms with E-state index in [1.807, 2.05) is 12.1 Å². The number of carboxylic acid groups (broad SMARTS) is 1. The van der Waals surface area contributed by atoms with E-state index in [0.29, 0.717) is 41.8 Å². The second kappa shape index (κ2) is 12.3. The minimum Gasteiger partial charge on any atom is -0.465 e. The maximum atomic E-state index is 13.3. The van der Waals surface area contributed by atoms with E-state index in [-0.39, 0.29) is 29.1 Å². The van der Waals surface area contributed by atoms with Gasteiger partial charge in [0.05, 0.1) is 6.54 Å². The lowest BCUT2D eigenvalue weighted by molar-refractivity contribution is 0.0254. The lowest BCUT2D eigenvalue weighted by Gasteiger charge is -2.50. The molecule has 46 heavy (non-hydrogen) atoms. The molecule has 2 amide bonds. The summed E-state index contributed by atoms with van der Waals surface area (Å²) in [6.07, 6.45) is 5.30. The molecule has 6 rings (SSSR count). The van der Waals surface area contributed by atoms with Crippen LogP contribution in [0.25, 0.3) is 16.9 Å². The number of carbonyl (C=O) groups is 2. The zero-order valence-corrected chi connectivity index (χ0v) is 26.4. The highest BCUT2D eigenvalue weighted by Gasteiger charge is 2.43. The number of rotatable bonds is 7. The number of hydrogen-bond donors (Lipinski definition) is 2. The fourth-order valence-corrected chi connectivity index (χ4v) is 6.73. The monoisotopic (exact) mass is 625 g/mol. The van der Waals surface area contributed by atoms with Crippen molar-refractivity contribution in [1.29, 1.82) is 0 Å². The Morgan fingerprint density at radius 3 is 2.46 bits per heavy atom. The molecule has 240 valence electrons. The smallest absolute Gasteiger partial charge is 0.407 e. The van der Waals surface area contributed by atoms with Gasteiger partial charge in [0.1, 0.15) is 11.1 Å². The number of allylic oxidation sites excluding steroid dienone is 1. The SMILES string of the molecule is C=CCn1c(=O)c2cnc(Nc3ccc(N4CCC5(CCN(C(=O)O)CC5C)CC4)cc3)nc2n1-c1cccc(C(=O)N(C)C)n1. The van der Waals surface area contributed by atoms with Gasteiger partial charge in [-0.25, -0.2) is 24.1 Å². The molecule has 2 saturated heterocycles. The maximum absolute atomic E-state index is 13.3. The van der Waals surface area contributed by atoms with Crippen LogP contribution in [0.15, 0.2) is 66.1 Å². The summed E-state index contributed by atoms with van der Waals surface area (Å²) >= 11 is 0. The van der Waals surface area contributed by atoms with Gasteiger partial charge in [0.15, 0.2) is 11.5 Å². The van der Waals surface area contributed by atoms with Crippen molar-refractivity contribution < 1.29 is 14.7 Å². The maximum Gasteiger partial charge on any atom is 0.407 e. The van der Waals surface area contributed by atoms with Crippen molar-refractivity contribution in [2.24, 2.45) is 11.3 Å². The van der Waals surface area contributed by atoms with Gasteiger partial charge in [-0.2, -0.15) is 4.98 Å². The highest BCUT2D eigenvalue weighted by atomic mass is 16.4. The number of nitrogens with one attached hydrogen (secondary N) is 1. The first-order valence-electron chi connectivity index (χ1n) is 15.5. The van der Waals surface area contributed by atoms with Crippen molar-refractivity contribution in [3.8, 4) is 5.82 Å². The molecule has 3 aromatic heterocycles. The largest absolute Gasteiger partial charge is 0.465 e. The van der Waals surface area contributed by atoms with Crippen molar-refractivity contribution in [2.45, 2.75) is 32.7 Å². The molecule has 0 saturated carbocycles. The molecule has 13 heteroatoms. The Hall–Kier alpha value is -5.20. The summed E-state index contributed by atoms with van der Waals surface area (Å²) in [6, 6.07) is 13.2. The summed E-state index contributed by atoms with van der Waals surface area (Å²) in [5, 5.41) is 13.0. The van der Waals surface area contributed by atoms with Gasteiger partial charge in [-0.1, -0.05) is 19.1 Å². The standard InChI is InChI=1S/C33H39N9O4/c1-5-16-41-29(43)25-20-34-31(37-28(25)42(41)27-8-6-7-26(36-27)30(44)38(3)4)35-23-9-11-24(12-10-23)39-17-13-33(14-18-39)15-19-40(32(45)46)21-22(33)2/h5-12,20,22H,1,13-19,21H2,2-4H3,(H,45,46)(H,34,35,37). The highest BCUT2D eigenvalue weighted by Crippen LogP contribution is 2.45. The number of piperidine rings is 2. The summed E-state index contributed by atoms with van der Waals surface area (Å²) in [5.41, 5.74) is 2.43. The Balaban J connectivity index is 1.21. The number of nitrogens with zero attached hydrogens (tertiary/aromatic N) is 8. The van der Waals surface area contributed by atoms with Gasteiger partial charge in [-0.05, 0) is 67.0 Å². The van der Waals surface area contributed by atoms with Gasteiger partial charge in [-0.3, -0.25) is 9.59 Å². The van der Waals surface area contributed by atoms with Crippen molar-refractivity contribution in [2.75, 3.05) is 50.5 Å². The first kappa shape index (κ1) is 30.8. The number of carbonyl (C=O) groups excluding carboxylic acids is 1. The number of anilines is 3. The molecule has 1 spiro atoms. The van der Waals surface area contributed by atoms with Crippen LogP contribution in [0.1, 0.15) is 36.7 Å². The van der Waals surface area contributed by atoms with Gasteiger partial charge in [0.2, 0.25) is 5.95 Å². The molecular weight excluding hydrogens is 586 g/mol. The number of fused-ring (bicyclic) bond motifs is 1. The number of aromatic nitrogens is 5. The van der Waals surface area contributed by atoms with Gasteiger partial charge in [0, 0.05) is 57.8 Å². The van der Waals surface area contributed by atoms with E-state index in [0.717, 1.165) is 43.7 Å². The van der Waals surface area contributed by atoms with Crippen molar-refractivity contribution >= 4 is 40.4 Å². The average Bonchev–Trinajstić information content (AvgIpc) is 3.33. The molecule has 0 radical (unpaired) electrons. The van der Waals surface area contributed by atoms with E-state index >= 15 is 0 Å². The van der Waals surface area contributed by atoms with E-state index < -0.39 is 6.09 Å². The van der Waals surface area contributed by atoms with Crippen LogP contribution in [0.4, 0.5) is 22.1 Å². The molecule has 1 atom stereocenters. The molecule has 4 aromatic rings. The van der Waals surface area contributed by atoms with E-state index in [1.165, 1.54) is 15.8 Å². The Labute approximate surface area is 266 Å². The fraction of sp³-hybridized carbons (Fsp3) is 0.394. The second-order valence-electron chi connectivity index (χ2n) is 12.4. The van der Waals surface area contributed by atoms with E-state index in [9.17, 15) is 19.5 Å². The molecule has 2 aliphatic heterocycles. The quantitative estimate of drug-likeness (QED) is 0.289. The molecule has 1 unspecified atom stereocenters. The van der Waals surface area contributed by atoms with Crippen LogP contribution in [0, 0.1) is 11.3 Å². The summed E-state index contributed by atoms with van der Waals surface area (Å²) in [5.74, 6) is 0.775. The van der Waals surface area contributed by atoms with Crippen LogP contribution in [-0.2, 0) is 6.54 Å². The molecule has 2 N–H and O–H groups in total. The van der Waals surface area contributed by atoms with Gasteiger partial charge in [-0.15, -0.1) is 6.58 Å². The molecule has 0 bridgehead atoms. The normalized spacial score (nSPS) is 17.7. The van der Waals surface area contributed by atoms with Crippen molar-refractivity contribution in [3.05, 3.63) is 77.4 Å². The molecule has 2 fully saturated rings. The summed E-state index contributed by atoms with van der Waals surface area (Å²) in [7, 11) is 3.31. The average molecular weight is 626 g/mol. The molecule has 5 heterocycles. The highest BCUT2D eigenvalue weighted by molar-refractivity contribution is 5.92. The predicted molar refractivity (Wildman–Crippen MR) is 176 cm³/mol. The minimum absolute atomic E-state index is 0.199. The third-order valence-electron chi connectivity index (χ3n) is 9.49. The van der Waals surface area contributed by atoms with Gasteiger partial charge in [0.25, 0.3) is 11.5 Å². The fourth-order valence-electron chi connectivity index (χ4n) is 6.73. The van der Waals surface area contributed by atoms with Crippen LogP contribution in [0.5, 0.6) is 0 Å². The Morgan fingerprint density at radius 1 is 1.09 bits per heavy atom.